The van der Waals surface area contributed by atoms with Gasteiger partial charge in [-0.15, -0.1) is 0 Å². The lowest BCUT2D eigenvalue weighted by molar-refractivity contribution is -0.143. The lowest BCUT2D eigenvalue weighted by Gasteiger charge is -2.26. The van der Waals surface area contributed by atoms with Crippen molar-refractivity contribution >= 4 is 23.7 Å². The summed E-state index contributed by atoms with van der Waals surface area (Å²) in [6, 6.07) is -4.35. The number of carbonyl (C=O) groups excluding carboxylic acids is 3. The van der Waals surface area contributed by atoms with Crippen molar-refractivity contribution in [1.29, 1.82) is 0 Å². The Morgan fingerprint density at radius 1 is 0.758 bits per heavy atom. The largest absolute Gasteiger partial charge is 0.480 e. The highest BCUT2D eigenvalue weighted by Crippen LogP contribution is 2.08. The quantitative estimate of drug-likeness (QED) is 0.111. The second kappa shape index (κ2) is 16.4. The zero-order valence-corrected chi connectivity index (χ0v) is 19.9. The van der Waals surface area contributed by atoms with Gasteiger partial charge in [0.15, 0.2) is 0 Å². The first kappa shape index (κ1) is 30.7. The van der Waals surface area contributed by atoms with Crippen molar-refractivity contribution in [2.75, 3.05) is 13.1 Å². The fourth-order valence-corrected chi connectivity index (χ4v) is 3.05. The lowest BCUT2D eigenvalue weighted by atomic mass is 10.0. The molecule has 0 aliphatic carbocycles. The van der Waals surface area contributed by atoms with Gasteiger partial charge >= 0.3 is 5.97 Å². The standard InChI is InChI=1S/C21H42N6O6/c1-12(2)17(21(32)33)27-19(30)15(9-5-7-11-23)25-18(29)14(8-4-6-10-22)26-20(31)16(24)13(3)28/h12-17,28H,4-11,22-24H2,1-3H3,(H,25,29)(H,26,31)(H,27,30)(H,32,33). The summed E-state index contributed by atoms with van der Waals surface area (Å²) in [4.78, 5) is 49.6. The Kier molecular flexibility index (Phi) is 15.2. The van der Waals surface area contributed by atoms with Gasteiger partial charge in [-0.25, -0.2) is 4.79 Å². The van der Waals surface area contributed by atoms with Gasteiger partial charge in [0.2, 0.25) is 17.7 Å². The predicted octanol–water partition coefficient (Wildman–Crippen LogP) is -1.85. The Balaban J connectivity index is 5.50. The molecule has 12 heteroatoms. The molecule has 5 unspecified atom stereocenters. The van der Waals surface area contributed by atoms with Crippen molar-refractivity contribution in [3.8, 4) is 0 Å². The minimum atomic E-state index is -1.22. The molecule has 5 atom stereocenters. The maximum Gasteiger partial charge on any atom is 0.326 e. The number of nitrogens with two attached hydrogens (primary N) is 3. The average Bonchev–Trinajstić information content (AvgIpc) is 2.74. The zero-order chi connectivity index (χ0) is 25.6. The summed E-state index contributed by atoms with van der Waals surface area (Å²) in [7, 11) is 0. The first-order chi connectivity index (χ1) is 15.5. The van der Waals surface area contributed by atoms with Crippen molar-refractivity contribution in [3.63, 3.8) is 0 Å². The van der Waals surface area contributed by atoms with Crippen LogP contribution in [0.15, 0.2) is 0 Å². The number of hydrogen-bond donors (Lipinski definition) is 8. The molecule has 0 rings (SSSR count). The molecular formula is C21H42N6O6. The second-order valence-electron chi connectivity index (χ2n) is 8.53. The van der Waals surface area contributed by atoms with Crippen LogP contribution >= 0.6 is 0 Å². The topological polar surface area (TPSA) is 223 Å². The Morgan fingerprint density at radius 3 is 1.55 bits per heavy atom. The van der Waals surface area contributed by atoms with Crippen molar-refractivity contribution in [3.05, 3.63) is 0 Å². The van der Waals surface area contributed by atoms with E-state index in [9.17, 15) is 29.4 Å². The molecule has 33 heavy (non-hydrogen) atoms. The second-order valence-corrected chi connectivity index (χ2v) is 8.53. The number of carbonyl (C=O) groups is 4. The molecule has 0 fully saturated rings. The van der Waals surface area contributed by atoms with Gasteiger partial charge in [0.25, 0.3) is 0 Å². The van der Waals surface area contributed by atoms with Crippen LogP contribution < -0.4 is 33.2 Å². The van der Waals surface area contributed by atoms with E-state index in [1.807, 2.05) is 0 Å². The van der Waals surface area contributed by atoms with Crippen LogP contribution in [0.2, 0.25) is 0 Å². The average molecular weight is 475 g/mol. The van der Waals surface area contributed by atoms with Gasteiger partial charge in [-0.3, -0.25) is 14.4 Å². The SMILES string of the molecule is CC(C)C(NC(=O)C(CCCCN)NC(=O)C(CCCCN)NC(=O)C(N)C(C)O)C(=O)O. The van der Waals surface area contributed by atoms with Gasteiger partial charge in [-0.05, 0) is 64.5 Å². The van der Waals surface area contributed by atoms with Gasteiger partial charge in [-0.1, -0.05) is 13.8 Å². The van der Waals surface area contributed by atoms with Crippen molar-refractivity contribution in [2.24, 2.45) is 23.1 Å². The number of hydrogen-bond acceptors (Lipinski definition) is 8. The maximum absolute atomic E-state index is 13.0. The minimum Gasteiger partial charge on any atom is -0.480 e. The van der Waals surface area contributed by atoms with Crippen molar-refractivity contribution in [1.82, 2.24) is 16.0 Å². The van der Waals surface area contributed by atoms with Crippen LogP contribution in [0.4, 0.5) is 0 Å². The van der Waals surface area contributed by atoms with Gasteiger partial charge < -0.3 is 43.4 Å². The molecule has 0 aromatic heterocycles. The highest BCUT2D eigenvalue weighted by atomic mass is 16.4. The number of amides is 3. The summed E-state index contributed by atoms with van der Waals surface area (Å²) in [5, 5.41) is 26.5. The Bertz CT molecular complexity index is 630. The first-order valence-electron chi connectivity index (χ1n) is 11.4. The summed E-state index contributed by atoms with van der Waals surface area (Å²) in [6.07, 6.45) is 1.70. The molecule has 11 N–H and O–H groups in total. The Labute approximate surface area is 195 Å². The van der Waals surface area contributed by atoms with E-state index in [4.69, 9.17) is 17.2 Å². The molecule has 0 aromatic rings. The van der Waals surface area contributed by atoms with Crippen LogP contribution in [0, 0.1) is 5.92 Å². The van der Waals surface area contributed by atoms with Crippen LogP contribution in [0.1, 0.15) is 59.3 Å². The number of aliphatic hydroxyl groups excluding tert-OH is 1. The van der Waals surface area contributed by atoms with E-state index in [1.165, 1.54) is 6.92 Å². The molecule has 0 aliphatic heterocycles. The van der Waals surface area contributed by atoms with Gasteiger partial charge in [0, 0.05) is 0 Å². The third-order valence-electron chi connectivity index (χ3n) is 5.21. The molecule has 0 aromatic carbocycles. The number of aliphatic hydroxyl groups is 1. The van der Waals surface area contributed by atoms with Crippen LogP contribution in [0.25, 0.3) is 0 Å². The highest BCUT2D eigenvalue weighted by Gasteiger charge is 2.31. The van der Waals surface area contributed by atoms with E-state index in [0.717, 1.165) is 0 Å². The molecule has 3 amide bonds. The molecule has 0 aliphatic rings. The number of aliphatic carboxylic acids is 1. The molecule has 192 valence electrons. The Morgan fingerprint density at radius 2 is 1.18 bits per heavy atom. The van der Waals surface area contributed by atoms with Crippen molar-refractivity contribution in [2.45, 2.75) is 89.6 Å². The third-order valence-corrected chi connectivity index (χ3v) is 5.21. The highest BCUT2D eigenvalue weighted by molar-refractivity contribution is 5.94. The van der Waals surface area contributed by atoms with Gasteiger partial charge in [-0.2, -0.15) is 0 Å². The van der Waals surface area contributed by atoms with E-state index in [-0.39, 0.29) is 18.8 Å². The molecule has 0 heterocycles. The smallest absolute Gasteiger partial charge is 0.326 e. The number of carboxylic acid groups (broad SMARTS) is 1. The van der Waals surface area contributed by atoms with Gasteiger partial charge in [0.1, 0.15) is 24.2 Å². The van der Waals surface area contributed by atoms with Gasteiger partial charge in [0.05, 0.1) is 6.10 Å². The predicted molar refractivity (Wildman–Crippen MR) is 124 cm³/mol. The molecule has 0 spiro atoms. The number of rotatable bonds is 17. The number of nitrogens with one attached hydrogen (secondary N) is 3. The fraction of sp³-hybridized carbons (Fsp3) is 0.810. The molecule has 0 saturated heterocycles. The summed E-state index contributed by atoms with van der Waals surface area (Å²) in [6.45, 7) is 5.50. The van der Waals surface area contributed by atoms with Crippen LogP contribution in [0.3, 0.4) is 0 Å². The van der Waals surface area contributed by atoms with Crippen LogP contribution in [-0.4, -0.2) is 77.3 Å². The zero-order valence-electron chi connectivity index (χ0n) is 19.9. The molecule has 0 saturated carbocycles. The Hall–Kier alpha value is -2.28. The molecule has 12 nitrogen and oxygen atoms in total. The first-order valence-corrected chi connectivity index (χ1v) is 11.4. The molecule has 0 bridgehead atoms. The maximum atomic E-state index is 13.0. The minimum absolute atomic E-state index is 0.246. The summed E-state index contributed by atoms with van der Waals surface area (Å²) >= 11 is 0. The van der Waals surface area contributed by atoms with Crippen LogP contribution in [-0.2, 0) is 19.2 Å². The summed E-state index contributed by atoms with van der Waals surface area (Å²) in [5.74, 6) is -3.48. The molecular weight excluding hydrogens is 432 g/mol. The lowest BCUT2D eigenvalue weighted by Crippen LogP contribution is -2.58. The fourth-order valence-electron chi connectivity index (χ4n) is 3.05. The normalized spacial score (nSPS) is 15.8. The van der Waals surface area contributed by atoms with Crippen molar-refractivity contribution < 1.29 is 29.4 Å². The van der Waals surface area contributed by atoms with E-state index in [2.05, 4.69) is 16.0 Å². The van der Waals surface area contributed by atoms with E-state index < -0.39 is 54.0 Å². The summed E-state index contributed by atoms with van der Waals surface area (Å²) in [5.41, 5.74) is 16.7. The van der Waals surface area contributed by atoms with Crippen LogP contribution in [0.5, 0.6) is 0 Å². The monoisotopic (exact) mass is 474 g/mol. The number of carboxylic acids is 1. The van der Waals surface area contributed by atoms with E-state index in [1.54, 1.807) is 13.8 Å². The third kappa shape index (κ3) is 11.9. The number of unbranched alkanes of at least 4 members (excludes halogenated alkanes) is 2. The van der Waals surface area contributed by atoms with E-state index in [0.29, 0.717) is 38.8 Å². The molecule has 0 radical (unpaired) electrons. The summed E-state index contributed by atoms with van der Waals surface area (Å²) < 4.78 is 0. The van der Waals surface area contributed by atoms with E-state index >= 15 is 0 Å².